The number of benzene rings is 2. The van der Waals surface area contributed by atoms with E-state index in [0.29, 0.717) is 0 Å². The number of nitrogens with one attached hydrogen (secondary N) is 1. The summed E-state index contributed by atoms with van der Waals surface area (Å²) in [5.74, 6) is 0. The predicted molar refractivity (Wildman–Crippen MR) is 107 cm³/mol. The van der Waals surface area contributed by atoms with Gasteiger partial charge < -0.3 is 4.98 Å². The van der Waals surface area contributed by atoms with Crippen molar-refractivity contribution in [3.05, 3.63) is 71.4 Å². The van der Waals surface area contributed by atoms with Gasteiger partial charge in [-0.2, -0.15) is 0 Å². The van der Waals surface area contributed by atoms with Gasteiger partial charge in [0.1, 0.15) is 0 Å². The fraction of sp³-hybridized carbons (Fsp3) is 0.364. The lowest BCUT2D eigenvalue weighted by atomic mass is 10.1. The van der Waals surface area contributed by atoms with Crippen LogP contribution in [0.25, 0.3) is 10.9 Å². The average Bonchev–Trinajstić information content (AvgIpc) is 3.23. The molecule has 2 nitrogen and oxygen atoms in total. The van der Waals surface area contributed by atoms with Gasteiger partial charge in [0.2, 0.25) is 0 Å². The van der Waals surface area contributed by atoms with Gasteiger partial charge in [-0.25, -0.2) is 0 Å². The third kappa shape index (κ3) is 5.54. The summed E-state index contributed by atoms with van der Waals surface area (Å²) in [7, 11) is 2.15. The standard InChI is InChI=1S/C9H9N.C9H11N.2C2H6/c1-7-2-3-9-8(6-7)4-5-10-9;1-10-6-8-4-2-3-5-9(8)7-10;2*1-2/h2-6,10H,1H3;2-5H,6-7H2,1H3;2*1-2H3. The van der Waals surface area contributed by atoms with Gasteiger partial charge in [0.15, 0.2) is 0 Å². The lowest BCUT2D eigenvalue weighted by molar-refractivity contribution is 0.353. The third-order valence-corrected chi connectivity index (χ3v) is 3.71. The zero-order valence-electron chi connectivity index (χ0n) is 16.1. The van der Waals surface area contributed by atoms with E-state index in [1.54, 1.807) is 0 Å². The Hall–Kier alpha value is -2.06. The largest absolute Gasteiger partial charge is 0.361 e. The highest BCUT2D eigenvalue weighted by Crippen LogP contribution is 2.19. The number of rotatable bonds is 0. The Kier molecular flexibility index (Phi) is 8.88. The van der Waals surface area contributed by atoms with Crippen LogP contribution in [-0.2, 0) is 13.1 Å². The van der Waals surface area contributed by atoms with Gasteiger partial charge in [-0.3, -0.25) is 4.90 Å². The molecule has 1 aliphatic rings. The number of aromatic amines is 1. The van der Waals surface area contributed by atoms with Crippen molar-refractivity contribution in [3.63, 3.8) is 0 Å². The number of hydrogen-bond donors (Lipinski definition) is 1. The van der Waals surface area contributed by atoms with Crippen molar-refractivity contribution in [1.82, 2.24) is 9.88 Å². The van der Waals surface area contributed by atoms with Crippen molar-refractivity contribution < 1.29 is 0 Å². The Morgan fingerprint density at radius 1 is 0.833 bits per heavy atom. The lowest BCUT2D eigenvalue weighted by Crippen LogP contribution is -2.07. The molecule has 0 spiro atoms. The molecule has 1 aromatic heterocycles. The van der Waals surface area contributed by atoms with Crippen molar-refractivity contribution in [2.45, 2.75) is 47.7 Å². The molecule has 3 aromatic rings. The number of fused-ring (bicyclic) bond motifs is 2. The zero-order chi connectivity index (χ0) is 17.9. The third-order valence-electron chi connectivity index (χ3n) is 3.71. The molecular formula is C22H32N2. The Morgan fingerprint density at radius 2 is 1.42 bits per heavy atom. The van der Waals surface area contributed by atoms with Crippen LogP contribution in [0.5, 0.6) is 0 Å². The Balaban J connectivity index is 0.000000199. The van der Waals surface area contributed by atoms with E-state index in [2.05, 4.69) is 72.4 Å². The molecule has 24 heavy (non-hydrogen) atoms. The number of aromatic nitrogens is 1. The van der Waals surface area contributed by atoms with E-state index in [-0.39, 0.29) is 0 Å². The predicted octanol–water partition coefficient (Wildman–Crippen LogP) is 6.16. The zero-order valence-corrected chi connectivity index (χ0v) is 16.1. The summed E-state index contributed by atoms with van der Waals surface area (Å²) < 4.78 is 0. The summed E-state index contributed by atoms with van der Waals surface area (Å²) in [4.78, 5) is 5.47. The van der Waals surface area contributed by atoms with Crippen LogP contribution >= 0.6 is 0 Å². The van der Waals surface area contributed by atoms with E-state index >= 15 is 0 Å². The average molecular weight is 325 g/mol. The molecule has 0 saturated heterocycles. The van der Waals surface area contributed by atoms with Gasteiger partial charge in [-0.05, 0) is 48.7 Å². The highest BCUT2D eigenvalue weighted by molar-refractivity contribution is 5.79. The minimum Gasteiger partial charge on any atom is -0.361 e. The van der Waals surface area contributed by atoms with Crippen LogP contribution in [0.1, 0.15) is 44.4 Å². The molecule has 2 heterocycles. The summed E-state index contributed by atoms with van der Waals surface area (Å²) in [6.45, 7) is 12.3. The normalized spacial score (nSPS) is 12.1. The van der Waals surface area contributed by atoms with Crippen molar-refractivity contribution >= 4 is 10.9 Å². The molecule has 0 atom stereocenters. The maximum Gasteiger partial charge on any atom is 0.0454 e. The summed E-state index contributed by atoms with van der Waals surface area (Å²) in [6, 6.07) is 17.1. The van der Waals surface area contributed by atoms with Gasteiger partial charge in [-0.1, -0.05) is 63.6 Å². The molecule has 0 radical (unpaired) electrons. The van der Waals surface area contributed by atoms with Gasteiger partial charge in [0.05, 0.1) is 0 Å². The molecule has 0 fully saturated rings. The first-order chi connectivity index (χ1) is 11.7. The maximum absolute atomic E-state index is 3.15. The molecule has 2 heteroatoms. The minimum atomic E-state index is 1.12. The van der Waals surface area contributed by atoms with E-state index in [0.717, 1.165) is 13.1 Å². The quantitative estimate of drug-likeness (QED) is 0.524. The Bertz CT molecular complexity index is 688. The van der Waals surface area contributed by atoms with Gasteiger partial charge >= 0.3 is 0 Å². The van der Waals surface area contributed by atoms with Crippen molar-refractivity contribution in [2.24, 2.45) is 0 Å². The van der Waals surface area contributed by atoms with Crippen molar-refractivity contribution in [3.8, 4) is 0 Å². The Labute approximate surface area is 147 Å². The van der Waals surface area contributed by atoms with E-state index < -0.39 is 0 Å². The minimum absolute atomic E-state index is 1.12. The summed E-state index contributed by atoms with van der Waals surface area (Å²) in [6.07, 6.45) is 1.96. The molecule has 0 aliphatic carbocycles. The van der Waals surface area contributed by atoms with Crippen LogP contribution < -0.4 is 0 Å². The molecular weight excluding hydrogens is 292 g/mol. The van der Waals surface area contributed by atoms with Gasteiger partial charge in [0.25, 0.3) is 0 Å². The highest BCUT2D eigenvalue weighted by Gasteiger charge is 2.12. The molecule has 1 aliphatic heterocycles. The van der Waals surface area contributed by atoms with E-state index in [9.17, 15) is 0 Å². The van der Waals surface area contributed by atoms with Crippen LogP contribution in [0.4, 0.5) is 0 Å². The van der Waals surface area contributed by atoms with E-state index in [4.69, 9.17) is 0 Å². The molecule has 0 saturated carbocycles. The lowest BCUT2D eigenvalue weighted by Gasteiger charge is -2.02. The molecule has 2 aromatic carbocycles. The monoisotopic (exact) mass is 324 g/mol. The first kappa shape index (κ1) is 20.0. The number of nitrogens with zero attached hydrogens (tertiary/aromatic N) is 1. The van der Waals surface area contributed by atoms with Crippen LogP contribution in [0.3, 0.4) is 0 Å². The van der Waals surface area contributed by atoms with E-state index in [1.807, 2.05) is 33.9 Å². The van der Waals surface area contributed by atoms with Crippen molar-refractivity contribution in [2.75, 3.05) is 7.05 Å². The molecule has 4 rings (SSSR count). The van der Waals surface area contributed by atoms with Crippen molar-refractivity contribution in [1.29, 1.82) is 0 Å². The highest BCUT2D eigenvalue weighted by atomic mass is 15.1. The van der Waals surface area contributed by atoms with Gasteiger partial charge in [0, 0.05) is 24.8 Å². The molecule has 0 bridgehead atoms. The maximum atomic E-state index is 3.15. The second-order valence-electron chi connectivity index (χ2n) is 5.51. The smallest absolute Gasteiger partial charge is 0.0454 e. The second-order valence-corrected chi connectivity index (χ2v) is 5.51. The molecule has 0 unspecified atom stereocenters. The summed E-state index contributed by atoms with van der Waals surface area (Å²) >= 11 is 0. The number of aryl methyl sites for hydroxylation is 1. The molecule has 130 valence electrons. The van der Waals surface area contributed by atoms with Crippen LogP contribution in [0.15, 0.2) is 54.7 Å². The van der Waals surface area contributed by atoms with Crippen LogP contribution in [-0.4, -0.2) is 16.9 Å². The number of hydrogen-bond acceptors (Lipinski definition) is 1. The Morgan fingerprint density at radius 3 is 2.00 bits per heavy atom. The fourth-order valence-electron chi connectivity index (χ4n) is 2.68. The summed E-state index contributed by atoms with van der Waals surface area (Å²) in [5.41, 5.74) is 5.51. The first-order valence-corrected chi connectivity index (χ1v) is 9.01. The topological polar surface area (TPSA) is 19.0 Å². The molecule has 1 N–H and O–H groups in total. The second kappa shape index (κ2) is 10.7. The molecule has 0 amide bonds. The first-order valence-electron chi connectivity index (χ1n) is 9.01. The summed E-state index contributed by atoms with van der Waals surface area (Å²) in [5, 5.41) is 1.29. The number of H-pyrrole nitrogens is 1. The fourth-order valence-corrected chi connectivity index (χ4v) is 2.68. The van der Waals surface area contributed by atoms with Crippen LogP contribution in [0, 0.1) is 6.92 Å². The SMILES string of the molecule is CC.CC.CN1Cc2ccccc2C1.Cc1ccc2[nH]ccc2c1. The van der Waals surface area contributed by atoms with Crippen LogP contribution in [0.2, 0.25) is 0 Å². The van der Waals surface area contributed by atoms with Gasteiger partial charge in [-0.15, -0.1) is 0 Å². The van der Waals surface area contributed by atoms with E-state index in [1.165, 1.54) is 27.6 Å².